The molecule has 0 aliphatic heterocycles. The zero-order valence-corrected chi connectivity index (χ0v) is 13.3. The molecule has 1 amide bonds. The molecule has 0 bridgehead atoms. The number of nitrogens with one attached hydrogen (secondary N) is 1. The van der Waals surface area contributed by atoms with Gasteiger partial charge in [0.2, 0.25) is 5.91 Å². The second-order valence-corrected chi connectivity index (χ2v) is 5.60. The van der Waals surface area contributed by atoms with Gasteiger partial charge in [-0.3, -0.25) is 9.59 Å². The van der Waals surface area contributed by atoms with Crippen molar-refractivity contribution in [2.75, 3.05) is 6.61 Å². The third-order valence-electron chi connectivity index (χ3n) is 3.37. The molecule has 0 saturated carbocycles. The fourth-order valence-electron chi connectivity index (χ4n) is 2.31. The first kappa shape index (κ1) is 16.1. The van der Waals surface area contributed by atoms with Crippen molar-refractivity contribution in [2.24, 2.45) is 7.05 Å². The molecule has 1 aromatic heterocycles. The minimum absolute atomic E-state index is 0.0208. The first-order valence-electron chi connectivity index (χ1n) is 7.50. The summed E-state index contributed by atoms with van der Waals surface area (Å²) in [5.41, 5.74) is 0.730. The van der Waals surface area contributed by atoms with Crippen molar-refractivity contribution in [3.63, 3.8) is 0 Å². The van der Waals surface area contributed by atoms with E-state index >= 15 is 0 Å². The van der Waals surface area contributed by atoms with Crippen molar-refractivity contribution in [3.05, 3.63) is 40.7 Å². The number of nitrogens with zero attached hydrogens (tertiary/aromatic N) is 1. The Morgan fingerprint density at radius 3 is 2.77 bits per heavy atom. The lowest BCUT2D eigenvalue weighted by Crippen LogP contribution is -2.30. The lowest BCUT2D eigenvalue weighted by Gasteiger charge is -2.12. The van der Waals surface area contributed by atoms with Gasteiger partial charge in [-0.2, -0.15) is 0 Å². The molecule has 1 aromatic carbocycles. The van der Waals surface area contributed by atoms with E-state index in [0.717, 1.165) is 10.9 Å². The van der Waals surface area contributed by atoms with Gasteiger partial charge < -0.3 is 14.6 Å². The van der Waals surface area contributed by atoms with Gasteiger partial charge in [0, 0.05) is 31.0 Å². The number of ether oxygens (including phenoxy) is 1. The molecule has 0 aliphatic carbocycles. The topological polar surface area (TPSA) is 60.3 Å². The fourth-order valence-corrected chi connectivity index (χ4v) is 2.31. The summed E-state index contributed by atoms with van der Waals surface area (Å²) in [5, 5.41) is 3.74. The summed E-state index contributed by atoms with van der Waals surface area (Å²) in [6, 6.07) is 9.26. The highest BCUT2D eigenvalue weighted by Gasteiger charge is 2.08. The summed E-state index contributed by atoms with van der Waals surface area (Å²) < 4.78 is 7.31. The first-order valence-corrected chi connectivity index (χ1v) is 7.50. The molecule has 0 atom stereocenters. The molecular formula is C17H22N2O3. The number of pyridine rings is 1. The van der Waals surface area contributed by atoms with Crippen LogP contribution in [0.1, 0.15) is 26.7 Å². The maximum absolute atomic E-state index is 11.9. The molecule has 0 unspecified atom stereocenters. The smallest absolute Gasteiger partial charge is 0.254 e. The first-order chi connectivity index (χ1) is 10.5. The van der Waals surface area contributed by atoms with E-state index in [-0.39, 0.29) is 17.5 Å². The predicted molar refractivity (Wildman–Crippen MR) is 87.2 cm³/mol. The minimum Gasteiger partial charge on any atom is -0.493 e. The zero-order valence-electron chi connectivity index (χ0n) is 13.3. The molecule has 0 radical (unpaired) electrons. The summed E-state index contributed by atoms with van der Waals surface area (Å²) in [7, 11) is 1.74. The Balaban J connectivity index is 2.02. The summed E-state index contributed by atoms with van der Waals surface area (Å²) in [6.45, 7) is 4.27. The van der Waals surface area contributed by atoms with Gasteiger partial charge >= 0.3 is 0 Å². The number of hydrogen-bond donors (Lipinski definition) is 1. The normalized spacial score (nSPS) is 10.9. The van der Waals surface area contributed by atoms with E-state index in [1.54, 1.807) is 11.6 Å². The van der Waals surface area contributed by atoms with E-state index in [1.165, 1.54) is 6.07 Å². The third kappa shape index (κ3) is 3.87. The lowest BCUT2D eigenvalue weighted by atomic mass is 10.2. The predicted octanol–water partition coefficient (Wildman–Crippen LogP) is 2.22. The quantitative estimate of drug-likeness (QED) is 0.832. The number of fused-ring (bicyclic) bond motifs is 1. The Bertz CT molecular complexity index is 719. The Kier molecular flexibility index (Phi) is 5.20. The van der Waals surface area contributed by atoms with Crippen LogP contribution >= 0.6 is 0 Å². The van der Waals surface area contributed by atoms with Crippen molar-refractivity contribution in [2.45, 2.75) is 32.7 Å². The highest BCUT2D eigenvalue weighted by atomic mass is 16.5. The lowest BCUT2D eigenvalue weighted by molar-refractivity contribution is -0.121. The summed E-state index contributed by atoms with van der Waals surface area (Å²) in [6.07, 6.45) is 1.03. The molecule has 1 N–H and O–H groups in total. The van der Waals surface area contributed by atoms with Crippen LogP contribution in [0.3, 0.4) is 0 Å². The second kappa shape index (κ2) is 7.11. The van der Waals surface area contributed by atoms with Crippen LogP contribution in [0, 0.1) is 0 Å². The highest BCUT2D eigenvalue weighted by Crippen LogP contribution is 2.23. The van der Waals surface area contributed by atoms with Crippen LogP contribution in [0.25, 0.3) is 10.9 Å². The average molecular weight is 302 g/mol. The number of amides is 1. The maximum Gasteiger partial charge on any atom is 0.254 e. The SMILES string of the molecule is CC(C)NC(=O)CCCOc1cc(=O)n(C)c2ccccc12. The second-order valence-electron chi connectivity index (χ2n) is 5.60. The zero-order chi connectivity index (χ0) is 16.1. The van der Waals surface area contributed by atoms with Crippen LogP contribution in [0.15, 0.2) is 35.1 Å². The molecule has 2 rings (SSSR count). The Labute approximate surface area is 129 Å². The van der Waals surface area contributed by atoms with E-state index in [1.807, 2.05) is 38.1 Å². The highest BCUT2D eigenvalue weighted by molar-refractivity contribution is 5.85. The Morgan fingerprint density at radius 2 is 2.05 bits per heavy atom. The van der Waals surface area contributed by atoms with Crippen LogP contribution in [-0.4, -0.2) is 23.1 Å². The van der Waals surface area contributed by atoms with Crippen molar-refractivity contribution < 1.29 is 9.53 Å². The Morgan fingerprint density at radius 1 is 1.32 bits per heavy atom. The molecule has 1 heterocycles. The molecule has 5 heteroatoms. The number of carbonyl (C=O) groups is 1. The van der Waals surface area contributed by atoms with E-state index in [4.69, 9.17) is 4.74 Å². The number of aryl methyl sites for hydroxylation is 1. The van der Waals surface area contributed by atoms with Crippen molar-refractivity contribution >= 4 is 16.8 Å². The molecule has 118 valence electrons. The van der Waals surface area contributed by atoms with Crippen LogP contribution in [0.4, 0.5) is 0 Å². The van der Waals surface area contributed by atoms with E-state index < -0.39 is 0 Å². The minimum atomic E-state index is -0.105. The number of carbonyl (C=O) groups excluding carboxylic acids is 1. The van der Waals surface area contributed by atoms with Crippen LogP contribution in [0.2, 0.25) is 0 Å². The van der Waals surface area contributed by atoms with Crippen LogP contribution in [-0.2, 0) is 11.8 Å². The van der Waals surface area contributed by atoms with Gasteiger partial charge in [0.05, 0.1) is 12.1 Å². The van der Waals surface area contributed by atoms with Gasteiger partial charge in [0.15, 0.2) is 0 Å². The van der Waals surface area contributed by atoms with Gasteiger partial charge in [0.1, 0.15) is 5.75 Å². The summed E-state index contributed by atoms with van der Waals surface area (Å²) >= 11 is 0. The molecule has 0 aliphatic rings. The Hall–Kier alpha value is -2.30. The van der Waals surface area contributed by atoms with Gasteiger partial charge in [-0.1, -0.05) is 12.1 Å². The number of rotatable bonds is 6. The van der Waals surface area contributed by atoms with Gasteiger partial charge in [-0.05, 0) is 32.4 Å². The van der Waals surface area contributed by atoms with Crippen molar-refractivity contribution in [1.29, 1.82) is 0 Å². The molecule has 22 heavy (non-hydrogen) atoms. The van der Waals surface area contributed by atoms with Gasteiger partial charge in [-0.25, -0.2) is 0 Å². The molecular weight excluding hydrogens is 280 g/mol. The average Bonchev–Trinajstić information content (AvgIpc) is 2.47. The maximum atomic E-state index is 11.9. The molecule has 0 saturated heterocycles. The number of para-hydroxylation sites is 1. The van der Waals surface area contributed by atoms with E-state index in [0.29, 0.717) is 25.2 Å². The monoisotopic (exact) mass is 302 g/mol. The third-order valence-corrected chi connectivity index (χ3v) is 3.37. The standard InChI is InChI=1S/C17H22N2O3/c1-12(2)18-16(20)9-6-10-22-15-11-17(21)19(3)14-8-5-4-7-13(14)15/h4-5,7-8,11-12H,6,9-10H2,1-3H3,(H,18,20). The molecule has 2 aromatic rings. The number of hydrogen-bond acceptors (Lipinski definition) is 3. The van der Waals surface area contributed by atoms with E-state index in [9.17, 15) is 9.59 Å². The number of aromatic nitrogens is 1. The largest absolute Gasteiger partial charge is 0.493 e. The van der Waals surface area contributed by atoms with Gasteiger partial charge in [0.25, 0.3) is 5.56 Å². The van der Waals surface area contributed by atoms with Crippen LogP contribution in [0.5, 0.6) is 5.75 Å². The molecule has 0 fully saturated rings. The summed E-state index contributed by atoms with van der Waals surface area (Å²) in [5.74, 6) is 0.593. The van der Waals surface area contributed by atoms with E-state index in [2.05, 4.69) is 5.32 Å². The number of benzene rings is 1. The fraction of sp³-hybridized carbons (Fsp3) is 0.412. The van der Waals surface area contributed by atoms with Crippen LogP contribution < -0.4 is 15.6 Å². The summed E-state index contributed by atoms with van der Waals surface area (Å²) in [4.78, 5) is 23.5. The molecule has 0 spiro atoms. The van der Waals surface area contributed by atoms with Gasteiger partial charge in [-0.15, -0.1) is 0 Å². The van der Waals surface area contributed by atoms with Crippen molar-refractivity contribution in [3.8, 4) is 5.75 Å². The molecule has 5 nitrogen and oxygen atoms in total. The van der Waals surface area contributed by atoms with Crippen molar-refractivity contribution in [1.82, 2.24) is 9.88 Å².